The van der Waals surface area contributed by atoms with Gasteiger partial charge in [-0.1, -0.05) is 19.1 Å². The summed E-state index contributed by atoms with van der Waals surface area (Å²) in [5.74, 6) is -2.45. The molecule has 0 aliphatic heterocycles. The molecule has 0 aliphatic carbocycles. The van der Waals surface area contributed by atoms with E-state index in [2.05, 4.69) is 5.32 Å². The van der Waals surface area contributed by atoms with Crippen LogP contribution in [0.1, 0.15) is 28.6 Å². The topological polar surface area (TPSA) is 113 Å². The van der Waals surface area contributed by atoms with Gasteiger partial charge in [-0.25, -0.2) is 9.59 Å². The van der Waals surface area contributed by atoms with Gasteiger partial charge in [-0.05, 0) is 24.6 Å². The Labute approximate surface area is 147 Å². The Bertz CT molecular complexity index is 827. The minimum Gasteiger partial charge on any atom is -0.480 e. The lowest BCUT2D eigenvalue weighted by Gasteiger charge is -2.07. The quantitative estimate of drug-likeness (QED) is 0.696. The summed E-state index contributed by atoms with van der Waals surface area (Å²) in [6.45, 7) is 2.80. The van der Waals surface area contributed by atoms with Gasteiger partial charge in [0, 0.05) is 22.5 Å². The number of anilines is 1. The molecule has 0 radical (unpaired) electrons. The van der Waals surface area contributed by atoms with E-state index < -0.39 is 18.5 Å². The summed E-state index contributed by atoms with van der Waals surface area (Å²) in [6, 6.07) is 7.00. The minimum atomic E-state index is -1.19. The number of aromatic carboxylic acids is 1. The van der Waals surface area contributed by atoms with Crippen molar-refractivity contribution in [2.45, 2.75) is 20.3 Å². The van der Waals surface area contributed by atoms with Crippen molar-refractivity contribution in [3.63, 3.8) is 0 Å². The zero-order valence-electron chi connectivity index (χ0n) is 13.7. The molecule has 0 saturated heterocycles. The third kappa shape index (κ3) is 4.36. The summed E-state index contributed by atoms with van der Waals surface area (Å²) < 4.78 is 5.17. The predicted molar refractivity (Wildman–Crippen MR) is 93.5 cm³/mol. The van der Waals surface area contributed by atoms with Crippen molar-refractivity contribution in [2.24, 2.45) is 0 Å². The van der Waals surface area contributed by atoms with E-state index in [0.717, 1.165) is 11.3 Å². The summed E-state index contributed by atoms with van der Waals surface area (Å²) in [6.07, 6.45) is 0.346. The normalized spacial score (nSPS) is 10.3. The van der Waals surface area contributed by atoms with E-state index in [9.17, 15) is 19.5 Å². The minimum absolute atomic E-state index is 0.0536. The van der Waals surface area contributed by atoms with Crippen LogP contribution in [0.4, 0.5) is 5.69 Å². The molecule has 0 fully saturated rings. The van der Waals surface area contributed by atoms with Crippen LogP contribution in [0.5, 0.6) is 5.75 Å². The highest BCUT2D eigenvalue weighted by molar-refractivity contribution is 7.18. The number of hydrogen-bond acceptors (Lipinski definition) is 5. The Morgan fingerprint density at radius 2 is 1.96 bits per heavy atom. The number of aliphatic carboxylic acids is 1. The fraction of sp³-hybridized carbons (Fsp3) is 0.235. The molecule has 25 heavy (non-hydrogen) atoms. The molecule has 7 nitrogen and oxygen atoms in total. The maximum absolute atomic E-state index is 11.5. The molecule has 0 saturated carbocycles. The SMILES string of the molecule is CCC(=O)Nc1cccc(-c2sc(C(=O)O)c(OCC(=O)O)c2C)c1. The molecule has 0 unspecified atom stereocenters. The van der Waals surface area contributed by atoms with Gasteiger partial charge in [0.25, 0.3) is 0 Å². The first-order valence-corrected chi connectivity index (χ1v) is 8.26. The number of thiophene rings is 1. The average molecular weight is 363 g/mol. The summed E-state index contributed by atoms with van der Waals surface area (Å²) in [5, 5.41) is 20.8. The van der Waals surface area contributed by atoms with Crippen molar-refractivity contribution in [2.75, 3.05) is 11.9 Å². The summed E-state index contributed by atoms with van der Waals surface area (Å²) in [4.78, 5) is 34.3. The van der Waals surface area contributed by atoms with Gasteiger partial charge < -0.3 is 20.3 Å². The lowest BCUT2D eigenvalue weighted by atomic mass is 10.1. The first-order chi connectivity index (χ1) is 11.8. The van der Waals surface area contributed by atoms with E-state index >= 15 is 0 Å². The van der Waals surface area contributed by atoms with Gasteiger partial charge in [-0.15, -0.1) is 11.3 Å². The van der Waals surface area contributed by atoms with E-state index in [1.165, 1.54) is 0 Å². The Balaban J connectivity index is 2.43. The van der Waals surface area contributed by atoms with Gasteiger partial charge in [-0.2, -0.15) is 0 Å². The van der Waals surface area contributed by atoms with Crippen molar-refractivity contribution < 1.29 is 29.3 Å². The third-order valence-electron chi connectivity index (χ3n) is 3.36. The fourth-order valence-electron chi connectivity index (χ4n) is 2.21. The van der Waals surface area contributed by atoms with Crippen LogP contribution < -0.4 is 10.1 Å². The molecule has 1 heterocycles. The van der Waals surface area contributed by atoms with Gasteiger partial charge in [0.1, 0.15) is 5.75 Å². The van der Waals surface area contributed by atoms with E-state index in [1.54, 1.807) is 38.1 Å². The summed E-state index contributed by atoms with van der Waals surface area (Å²) in [5.41, 5.74) is 1.86. The van der Waals surface area contributed by atoms with Crippen LogP contribution in [0.3, 0.4) is 0 Å². The number of carboxylic acids is 2. The third-order valence-corrected chi connectivity index (χ3v) is 4.67. The fourth-order valence-corrected chi connectivity index (χ4v) is 3.30. The number of carbonyl (C=O) groups is 3. The number of hydrogen-bond donors (Lipinski definition) is 3. The number of amides is 1. The number of rotatable bonds is 7. The van der Waals surface area contributed by atoms with Gasteiger partial charge >= 0.3 is 11.9 Å². The molecule has 0 atom stereocenters. The predicted octanol–water partition coefficient (Wildman–Crippen LogP) is 3.23. The van der Waals surface area contributed by atoms with Crippen molar-refractivity contribution in [3.05, 3.63) is 34.7 Å². The molecule has 132 valence electrons. The maximum Gasteiger partial charge on any atom is 0.349 e. The Kier molecular flexibility index (Phi) is 5.76. The van der Waals surface area contributed by atoms with Gasteiger partial charge in [-0.3, -0.25) is 4.79 Å². The zero-order chi connectivity index (χ0) is 18.6. The molecule has 1 aromatic heterocycles. The van der Waals surface area contributed by atoms with Crippen LogP contribution in [-0.4, -0.2) is 34.7 Å². The van der Waals surface area contributed by atoms with Crippen molar-refractivity contribution in [1.82, 2.24) is 0 Å². The number of benzene rings is 1. The molecular formula is C17H17NO6S. The molecule has 3 N–H and O–H groups in total. The molecule has 8 heteroatoms. The summed E-state index contributed by atoms with van der Waals surface area (Å²) >= 11 is 1.00. The largest absolute Gasteiger partial charge is 0.480 e. The smallest absolute Gasteiger partial charge is 0.349 e. The highest BCUT2D eigenvalue weighted by atomic mass is 32.1. The van der Waals surface area contributed by atoms with Crippen LogP contribution in [0, 0.1) is 6.92 Å². The van der Waals surface area contributed by atoms with Gasteiger partial charge in [0.2, 0.25) is 5.91 Å². The second-order valence-electron chi connectivity index (χ2n) is 5.18. The van der Waals surface area contributed by atoms with Crippen LogP contribution in [0.2, 0.25) is 0 Å². The van der Waals surface area contributed by atoms with E-state index in [1.807, 2.05) is 0 Å². The average Bonchev–Trinajstić information content (AvgIpc) is 2.90. The Morgan fingerprint density at radius 1 is 1.24 bits per heavy atom. The monoisotopic (exact) mass is 363 g/mol. The second-order valence-corrected chi connectivity index (χ2v) is 6.21. The molecule has 2 rings (SSSR count). The number of carboxylic acid groups (broad SMARTS) is 2. The molecule has 0 spiro atoms. The van der Waals surface area contributed by atoms with Crippen molar-refractivity contribution >= 4 is 34.9 Å². The number of carbonyl (C=O) groups excluding carboxylic acids is 1. The van der Waals surface area contributed by atoms with Gasteiger partial charge in [0.15, 0.2) is 11.5 Å². The molecule has 1 amide bonds. The highest BCUT2D eigenvalue weighted by Crippen LogP contribution is 2.41. The van der Waals surface area contributed by atoms with Crippen molar-refractivity contribution in [3.8, 4) is 16.2 Å². The molecule has 0 aliphatic rings. The van der Waals surface area contributed by atoms with E-state index in [-0.39, 0.29) is 16.5 Å². The van der Waals surface area contributed by atoms with Crippen LogP contribution in [0.25, 0.3) is 10.4 Å². The van der Waals surface area contributed by atoms with Gasteiger partial charge in [0.05, 0.1) is 0 Å². The van der Waals surface area contributed by atoms with Crippen LogP contribution in [-0.2, 0) is 9.59 Å². The highest BCUT2D eigenvalue weighted by Gasteiger charge is 2.23. The van der Waals surface area contributed by atoms with Crippen LogP contribution in [0.15, 0.2) is 24.3 Å². The molecule has 2 aromatic rings. The van der Waals surface area contributed by atoms with E-state index in [4.69, 9.17) is 9.84 Å². The first kappa shape index (κ1) is 18.5. The second kappa shape index (κ2) is 7.80. The maximum atomic E-state index is 11.5. The van der Waals surface area contributed by atoms with Crippen LogP contribution >= 0.6 is 11.3 Å². The van der Waals surface area contributed by atoms with E-state index in [0.29, 0.717) is 28.1 Å². The van der Waals surface area contributed by atoms with Crippen molar-refractivity contribution in [1.29, 1.82) is 0 Å². The standard InChI is InChI=1S/C17H17NO6S/c1-3-12(19)18-11-6-4-5-10(7-11)15-9(2)14(24-8-13(20)21)16(25-15)17(22)23/h4-7H,3,8H2,1-2H3,(H,18,19)(H,20,21)(H,22,23). The first-order valence-electron chi connectivity index (χ1n) is 7.45. The Hall–Kier alpha value is -2.87. The Morgan fingerprint density at radius 3 is 2.56 bits per heavy atom. The number of nitrogens with one attached hydrogen (secondary N) is 1. The molecular weight excluding hydrogens is 346 g/mol. The lowest BCUT2D eigenvalue weighted by molar-refractivity contribution is -0.139. The molecule has 1 aromatic carbocycles. The zero-order valence-corrected chi connectivity index (χ0v) is 14.5. The summed E-state index contributed by atoms with van der Waals surface area (Å²) in [7, 11) is 0. The number of ether oxygens (including phenoxy) is 1. The lowest BCUT2D eigenvalue weighted by Crippen LogP contribution is -2.11. The molecule has 0 bridgehead atoms.